The molecule has 6 rings (SSSR count). The molecule has 0 aliphatic carbocycles. The second-order valence-corrected chi connectivity index (χ2v) is 9.83. The van der Waals surface area contributed by atoms with E-state index in [4.69, 9.17) is 9.98 Å². The molecule has 4 nitrogen and oxygen atoms in total. The van der Waals surface area contributed by atoms with Crippen molar-refractivity contribution in [2.45, 2.75) is 0 Å². The van der Waals surface area contributed by atoms with E-state index in [0.717, 1.165) is 44.8 Å². The molecule has 0 amide bonds. The Labute approximate surface area is 264 Å². The first-order chi connectivity index (χ1) is 20.7. The number of phenolic OH excluding ortho intramolecular Hbond substituents is 2. The predicted molar refractivity (Wildman–Crippen MR) is 173 cm³/mol. The summed E-state index contributed by atoms with van der Waals surface area (Å²) in [5.74, 6) is 0.330. The van der Waals surface area contributed by atoms with Crippen LogP contribution in [0.1, 0.15) is 11.1 Å². The van der Waals surface area contributed by atoms with Crippen LogP contribution in [0.2, 0.25) is 0 Å². The van der Waals surface area contributed by atoms with Crippen molar-refractivity contribution in [2.24, 2.45) is 9.98 Å². The smallest absolute Gasteiger partial charge is 0.124 e. The van der Waals surface area contributed by atoms with E-state index < -0.39 is 0 Å². The predicted octanol–water partition coefficient (Wildman–Crippen LogP) is 9.60. The topological polar surface area (TPSA) is 65.2 Å². The first-order valence-corrected chi connectivity index (χ1v) is 13.7. The molecule has 5 heteroatoms. The van der Waals surface area contributed by atoms with Crippen molar-refractivity contribution in [2.75, 3.05) is 0 Å². The van der Waals surface area contributed by atoms with Gasteiger partial charge in [-0.15, -0.1) is 0 Å². The average molecular weight is 610 g/mol. The molecule has 0 spiro atoms. The molecule has 0 fully saturated rings. The molecule has 43 heavy (non-hydrogen) atoms. The SMILES string of the molecule is Oc1ccc(-c2ccccc2)cc1C=Nc1ccccc1-c1ccccc1N=Cc1cc(-c2ccccc2)ccc1O.[Zn]. The molecule has 2 N–H and O–H groups in total. The minimum atomic E-state index is 0. The third kappa shape index (κ3) is 6.86. The number of phenols is 2. The maximum absolute atomic E-state index is 10.6. The minimum Gasteiger partial charge on any atom is -0.507 e. The molecule has 0 saturated carbocycles. The summed E-state index contributed by atoms with van der Waals surface area (Å²) in [5.41, 5.74) is 8.71. The van der Waals surface area contributed by atoms with Crippen LogP contribution in [0.5, 0.6) is 11.5 Å². The number of aliphatic imine (C=N–C) groups is 2. The van der Waals surface area contributed by atoms with Crippen LogP contribution in [0.25, 0.3) is 33.4 Å². The second-order valence-electron chi connectivity index (χ2n) is 9.83. The van der Waals surface area contributed by atoms with E-state index in [1.165, 1.54) is 0 Å². The number of nitrogens with zero attached hydrogens (tertiary/aromatic N) is 2. The van der Waals surface area contributed by atoms with Gasteiger partial charge in [-0.2, -0.15) is 0 Å². The number of aromatic hydroxyl groups is 2. The van der Waals surface area contributed by atoms with Crippen molar-refractivity contribution < 1.29 is 29.7 Å². The van der Waals surface area contributed by atoms with E-state index >= 15 is 0 Å². The van der Waals surface area contributed by atoms with E-state index in [1.54, 1.807) is 24.6 Å². The Morgan fingerprint density at radius 1 is 0.395 bits per heavy atom. The molecule has 0 radical (unpaired) electrons. The van der Waals surface area contributed by atoms with Gasteiger partial charge in [0.15, 0.2) is 0 Å². The van der Waals surface area contributed by atoms with Crippen molar-refractivity contribution >= 4 is 23.8 Å². The van der Waals surface area contributed by atoms with Crippen LogP contribution in [0, 0.1) is 0 Å². The number of para-hydroxylation sites is 2. The van der Waals surface area contributed by atoms with Gasteiger partial charge in [-0.05, 0) is 58.7 Å². The van der Waals surface area contributed by atoms with Gasteiger partial charge in [0.2, 0.25) is 0 Å². The Kier molecular flexibility index (Phi) is 9.36. The van der Waals surface area contributed by atoms with Crippen molar-refractivity contribution in [3.05, 3.63) is 157 Å². The molecule has 0 heterocycles. The van der Waals surface area contributed by atoms with Crippen molar-refractivity contribution in [1.82, 2.24) is 0 Å². The summed E-state index contributed by atoms with van der Waals surface area (Å²) >= 11 is 0. The van der Waals surface area contributed by atoms with Gasteiger partial charge in [0.1, 0.15) is 11.5 Å². The van der Waals surface area contributed by atoms with Crippen molar-refractivity contribution in [1.29, 1.82) is 0 Å². The van der Waals surface area contributed by atoms with E-state index in [0.29, 0.717) is 11.1 Å². The third-order valence-corrected chi connectivity index (χ3v) is 7.05. The molecule has 0 aliphatic rings. The maximum atomic E-state index is 10.6. The molecule has 6 aromatic rings. The Morgan fingerprint density at radius 3 is 1.19 bits per heavy atom. The van der Waals surface area contributed by atoms with Crippen LogP contribution >= 0.6 is 0 Å². The Balaban J connectivity index is 0.00000368. The Bertz CT molecular complexity index is 1760. The number of benzene rings is 6. The molecular weight excluding hydrogens is 582 g/mol. The van der Waals surface area contributed by atoms with Gasteiger partial charge in [-0.25, -0.2) is 0 Å². The van der Waals surface area contributed by atoms with Gasteiger partial charge in [0, 0.05) is 54.2 Å². The summed E-state index contributed by atoms with van der Waals surface area (Å²) in [7, 11) is 0. The largest absolute Gasteiger partial charge is 0.507 e. The summed E-state index contributed by atoms with van der Waals surface area (Å²) in [4.78, 5) is 9.58. The van der Waals surface area contributed by atoms with Gasteiger partial charge >= 0.3 is 0 Å². The average Bonchev–Trinajstić information content (AvgIpc) is 3.05. The van der Waals surface area contributed by atoms with E-state index in [-0.39, 0.29) is 31.0 Å². The van der Waals surface area contributed by atoms with Crippen LogP contribution in [-0.4, -0.2) is 22.6 Å². The summed E-state index contributed by atoms with van der Waals surface area (Å²) in [6.07, 6.45) is 3.39. The van der Waals surface area contributed by atoms with Gasteiger partial charge in [-0.3, -0.25) is 9.98 Å². The van der Waals surface area contributed by atoms with Crippen LogP contribution in [0.3, 0.4) is 0 Å². The fraction of sp³-hybridized carbons (Fsp3) is 0. The first-order valence-electron chi connectivity index (χ1n) is 13.7. The standard InChI is InChI=1S/C38H28N2O2.Zn/c41-37-21-19-29(27-11-3-1-4-12-27)23-31(37)25-39-35-17-9-7-15-33(35)34-16-8-10-18-36(34)40-26-32-24-30(20-22-38(32)42)28-13-5-2-6-14-28;/h1-26,41-42H;. The molecule has 6 aromatic carbocycles. The Morgan fingerprint density at radius 2 is 0.767 bits per heavy atom. The number of rotatable bonds is 7. The summed E-state index contributed by atoms with van der Waals surface area (Å²) in [5, 5.41) is 21.1. The van der Waals surface area contributed by atoms with Gasteiger partial charge in [-0.1, -0.05) is 109 Å². The van der Waals surface area contributed by atoms with Crippen LogP contribution in [0.15, 0.2) is 156 Å². The number of hydrogen-bond donors (Lipinski definition) is 2. The molecule has 0 saturated heterocycles. The van der Waals surface area contributed by atoms with Gasteiger partial charge in [0.25, 0.3) is 0 Å². The first kappa shape index (κ1) is 29.4. The number of hydrogen-bond acceptors (Lipinski definition) is 4. The zero-order valence-electron chi connectivity index (χ0n) is 23.5. The zero-order valence-corrected chi connectivity index (χ0v) is 26.5. The van der Waals surface area contributed by atoms with Crippen molar-refractivity contribution in [3.8, 4) is 44.9 Å². The molecule has 0 aromatic heterocycles. The molecule has 0 aliphatic heterocycles. The van der Waals surface area contributed by atoms with Crippen LogP contribution < -0.4 is 0 Å². The summed E-state index contributed by atoms with van der Waals surface area (Å²) in [6, 6.07) is 46.9. The Hall–Kier alpha value is -5.12. The second kappa shape index (κ2) is 13.7. The van der Waals surface area contributed by atoms with E-state index in [1.807, 2.05) is 133 Å². The minimum absolute atomic E-state index is 0. The van der Waals surface area contributed by atoms with Crippen LogP contribution in [-0.2, 0) is 19.5 Å². The van der Waals surface area contributed by atoms with Gasteiger partial charge in [0.05, 0.1) is 11.4 Å². The summed E-state index contributed by atoms with van der Waals surface area (Å²) in [6.45, 7) is 0. The molecule has 204 valence electrons. The van der Waals surface area contributed by atoms with Crippen LogP contribution in [0.4, 0.5) is 11.4 Å². The molecule has 0 bridgehead atoms. The molecule has 0 unspecified atom stereocenters. The van der Waals surface area contributed by atoms with Crippen molar-refractivity contribution in [3.63, 3.8) is 0 Å². The fourth-order valence-corrected chi connectivity index (χ4v) is 4.84. The zero-order chi connectivity index (χ0) is 28.7. The molecular formula is C38H28N2O2Zn. The molecule has 0 atom stereocenters. The third-order valence-electron chi connectivity index (χ3n) is 7.05. The normalized spacial score (nSPS) is 11.1. The maximum Gasteiger partial charge on any atom is 0.124 e. The summed E-state index contributed by atoms with van der Waals surface area (Å²) < 4.78 is 0. The monoisotopic (exact) mass is 608 g/mol. The fourth-order valence-electron chi connectivity index (χ4n) is 4.84. The van der Waals surface area contributed by atoms with E-state index in [2.05, 4.69) is 0 Å². The van der Waals surface area contributed by atoms with Gasteiger partial charge < -0.3 is 10.2 Å². The quantitative estimate of drug-likeness (QED) is 0.140. The van der Waals surface area contributed by atoms with E-state index in [9.17, 15) is 10.2 Å².